The van der Waals surface area contributed by atoms with Crippen molar-refractivity contribution in [2.24, 2.45) is 11.8 Å². The molecule has 0 amide bonds. The summed E-state index contributed by atoms with van der Waals surface area (Å²) < 4.78 is 0. The molecule has 218 valence electrons. The number of aliphatic hydroxyl groups is 3. The zero-order chi connectivity index (χ0) is 27.1. The molecule has 0 bridgehead atoms. The van der Waals surface area contributed by atoms with Gasteiger partial charge in [-0.05, 0) is 31.6 Å². The Balaban J connectivity index is 0. The first kappa shape index (κ1) is 37.5. The molecule has 0 radical (unpaired) electrons. The first-order chi connectivity index (χ1) is 17.5. The second-order valence-electron chi connectivity index (χ2n) is 10.8. The van der Waals surface area contributed by atoms with Crippen LogP contribution >= 0.6 is 0 Å². The van der Waals surface area contributed by atoms with Gasteiger partial charge in [0.2, 0.25) is 0 Å². The van der Waals surface area contributed by atoms with Gasteiger partial charge in [0.15, 0.2) is 0 Å². The fourth-order valence-electron chi connectivity index (χ4n) is 4.70. The van der Waals surface area contributed by atoms with E-state index in [0.29, 0.717) is 25.2 Å². The summed E-state index contributed by atoms with van der Waals surface area (Å²) in [7, 11) is 0. The van der Waals surface area contributed by atoms with Crippen molar-refractivity contribution in [2.45, 2.75) is 162 Å². The molecule has 5 heteroatoms. The minimum Gasteiger partial charge on any atom is -0.481 e. The molecule has 5 nitrogen and oxygen atoms in total. The summed E-state index contributed by atoms with van der Waals surface area (Å²) in [6, 6.07) is 0. The van der Waals surface area contributed by atoms with Gasteiger partial charge in [0, 0.05) is 32.2 Å². The molecule has 1 unspecified atom stereocenters. The smallest absolute Gasteiger partial charge is 0.303 e. The summed E-state index contributed by atoms with van der Waals surface area (Å²) in [5, 5.41) is 34.5. The minimum absolute atomic E-state index is 0.0104. The number of carboxylic acid groups (broad SMARTS) is 1. The lowest BCUT2D eigenvalue weighted by atomic mass is 9.91. The van der Waals surface area contributed by atoms with Crippen molar-refractivity contribution < 1.29 is 25.2 Å². The maximum Gasteiger partial charge on any atom is 0.303 e. The van der Waals surface area contributed by atoms with Crippen molar-refractivity contribution >= 4 is 5.97 Å². The second kappa shape index (κ2) is 32.4. The van der Waals surface area contributed by atoms with Gasteiger partial charge in [-0.25, -0.2) is 0 Å². The predicted molar refractivity (Wildman–Crippen MR) is 153 cm³/mol. The van der Waals surface area contributed by atoms with Gasteiger partial charge < -0.3 is 20.4 Å². The summed E-state index contributed by atoms with van der Waals surface area (Å²) in [4.78, 5) is 11.1. The normalized spacial score (nSPS) is 11.9. The van der Waals surface area contributed by atoms with Gasteiger partial charge in [0.25, 0.3) is 0 Å². The summed E-state index contributed by atoms with van der Waals surface area (Å²) >= 11 is 0. The Hall–Kier alpha value is -0.650. The highest BCUT2D eigenvalue weighted by Gasteiger charge is 2.12. The van der Waals surface area contributed by atoms with E-state index in [1.807, 2.05) is 0 Å². The third kappa shape index (κ3) is 31.4. The van der Waals surface area contributed by atoms with E-state index in [4.69, 9.17) is 20.4 Å². The number of rotatable bonds is 27. The van der Waals surface area contributed by atoms with Crippen LogP contribution in [0, 0.1) is 11.8 Å². The molecule has 0 spiro atoms. The number of carbonyl (C=O) groups is 1. The highest BCUT2D eigenvalue weighted by Crippen LogP contribution is 2.22. The fraction of sp³-hybridized carbons (Fsp3) is 0.968. The van der Waals surface area contributed by atoms with Crippen molar-refractivity contribution in [3.8, 4) is 0 Å². The molecule has 0 aromatic heterocycles. The van der Waals surface area contributed by atoms with Crippen LogP contribution < -0.4 is 0 Å². The summed E-state index contributed by atoms with van der Waals surface area (Å²) in [5.74, 6) is -0.236. The van der Waals surface area contributed by atoms with E-state index >= 15 is 0 Å². The van der Waals surface area contributed by atoms with Crippen LogP contribution in [0.5, 0.6) is 0 Å². The summed E-state index contributed by atoms with van der Waals surface area (Å²) in [6.07, 6.45) is 28.2. The number of aliphatic carboxylic acids is 1. The number of carboxylic acids is 1. The predicted octanol–water partition coefficient (Wildman–Crippen LogP) is 8.28. The van der Waals surface area contributed by atoms with Gasteiger partial charge in [0.1, 0.15) is 0 Å². The van der Waals surface area contributed by atoms with Crippen LogP contribution in [0.25, 0.3) is 0 Å². The van der Waals surface area contributed by atoms with E-state index in [1.165, 1.54) is 116 Å². The van der Waals surface area contributed by atoms with Gasteiger partial charge >= 0.3 is 5.97 Å². The molecule has 0 aromatic rings. The molecule has 0 heterocycles. The first-order valence-electron chi connectivity index (χ1n) is 15.6. The molecule has 0 aromatic carbocycles. The number of hydrogen-bond donors (Lipinski definition) is 4. The van der Waals surface area contributed by atoms with Crippen molar-refractivity contribution in [3.05, 3.63) is 0 Å². The monoisotopic (exact) mass is 516 g/mol. The highest BCUT2D eigenvalue weighted by molar-refractivity contribution is 5.66. The van der Waals surface area contributed by atoms with Crippen LogP contribution in [0.15, 0.2) is 0 Å². The quantitative estimate of drug-likeness (QED) is 0.0823. The van der Waals surface area contributed by atoms with Crippen molar-refractivity contribution in [2.75, 3.05) is 19.8 Å². The van der Waals surface area contributed by atoms with E-state index in [9.17, 15) is 4.79 Å². The maximum absolute atomic E-state index is 11.1. The lowest BCUT2D eigenvalue weighted by molar-refractivity contribution is -0.138. The van der Waals surface area contributed by atoms with Crippen LogP contribution in [-0.2, 0) is 4.79 Å². The summed E-state index contributed by atoms with van der Waals surface area (Å²) in [6.45, 7) is 4.69. The third-order valence-corrected chi connectivity index (χ3v) is 7.18. The number of hydrogen-bond acceptors (Lipinski definition) is 4. The van der Waals surface area contributed by atoms with Crippen LogP contribution in [-0.4, -0.2) is 46.2 Å². The Morgan fingerprint density at radius 1 is 0.500 bits per heavy atom. The molecule has 1 atom stereocenters. The van der Waals surface area contributed by atoms with Crippen LogP contribution in [0.2, 0.25) is 0 Å². The molecule has 0 rings (SSSR count). The lowest BCUT2D eigenvalue weighted by Crippen LogP contribution is -2.11. The highest BCUT2D eigenvalue weighted by atomic mass is 16.4. The Morgan fingerprint density at radius 3 is 1.14 bits per heavy atom. The van der Waals surface area contributed by atoms with Crippen molar-refractivity contribution in [1.29, 1.82) is 0 Å². The Morgan fingerprint density at radius 2 is 0.833 bits per heavy atom. The average molecular weight is 517 g/mol. The molecule has 36 heavy (non-hydrogen) atoms. The molecule has 0 fully saturated rings. The average Bonchev–Trinajstić information content (AvgIpc) is 2.87. The van der Waals surface area contributed by atoms with Gasteiger partial charge in [0.05, 0.1) is 0 Å². The standard InChI is InChI=1S/C25H50O2.C6H14O3/c1-3-5-7-9-11-13-14-16-18-20-22-24(23-25(26)27)21-19-17-15-12-10-8-6-4-2;7-3-1-2-6(4-8)5-9/h24H,3-23H2,1-2H3,(H,26,27);6-9H,1-5H2. The second-order valence-corrected chi connectivity index (χ2v) is 10.8. The zero-order valence-electron chi connectivity index (χ0n) is 24.2. The SMILES string of the molecule is CCCCCCCCCCCCC(CCCCCCCCCC)CC(=O)O.OCCCC(CO)CO. The van der Waals surface area contributed by atoms with Crippen molar-refractivity contribution in [3.63, 3.8) is 0 Å². The van der Waals surface area contributed by atoms with E-state index < -0.39 is 5.97 Å². The van der Waals surface area contributed by atoms with Crippen LogP contribution in [0.1, 0.15) is 162 Å². The molecule has 0 aliphatic carbocycles. The zero-order valence-corrected chi connectivity index (χ0v) is 24.2. The Bertz CT molecular complexity index is 412. The lowest BCUT2D eigenvalue weighted by Gasteiger charge is -2.14. The topological polar surface area (TPSA) is 98.0 Å². The van der Waals surface area contributed by atoms with E-state index in [0.717, 1.165) is 12.8 Å². The van der Waals surface area contributed by atoms with Gasteiger partial charge in [-0.3, -0.25) is 4.79 Å². The largest absolute Gasteiger partial charge is 0.481 e. The molecule has 0 saturated heterocycles. The van der Waals surface area contributed by atoms with E-state index in [1.54, 1.807) is 0 Å². The molecular formula is C31H64O5. The van der Waals surface area contributed by atoms with Gasteiger partial charge in [-0.1, -0.05) is 129 Å². The van der Waals surface area contributed by atoms with E-state index in [-0.39, 0.29) is 25.7 Å². The molecule has 0 saturated carbocycles. The molecule has 4 N–H and O–H groups in total. The van der Waals surface area contributed by atoms with Gasteiger partial charge in [-0.2, -0.15) is 0 Å². The molecule has 0 aliphatic heterocycles. The molecule has 0 aliphatic rings. The Kier molecular flexibility index (Phi) is 33.7. The van der Waals surface area contributed by atoms with Crippen LogP contribution in [0.3, 0.4) is 0 Å². The fourth-order valence-corrected chi connectivity index (χ4v) is 4.70. The first-order valence-corrected chi connectivity index (χ1v) is 15.6. The Labute approximate surface area is 224 Å². The third-order valence-electron chi connectivity index (χ3n) is 7.18. The number of aliphatic hydroxyl groups excluding tert-OH is 3. The van der Waals surface area contributed by atoms with Gasteiger partial charge in [-0.15, -0.1) is 0 Å². The summed E-state index contributed by atoms with van der Waals surface area (Å²) in [5.41, 5.74) is 0. The van der Waals surface area contributed by atoms with Crippen LogP contribution in [0.4, 0.5) is 0 Å². The minimum atomic E-state index is -0.605. The van der Waals surface area contributed by atoms with E-state index in [2.05, 4.69) is 13.8 Å². The number of unbranched alkanes of at least 4 members (excludes halogenated alkanes) is 16. The molecular weight excluding hydrogens is 452 g/mol. The maximum atomic E-state index is 11.1. The van der Waals surface area contributed by atoms with Crippen molar-refractivity contribution in [1.82, 2.24) is 0 Å².